The van der Waals surface area contributed by atoms with Crippen molar-refractivity contribution in [2.24, 2.45) is 17.8 Å². The van der Waals surface area contributed by atoms with E-state index < -0.39 is 0 Å². The maximum atomic E-state index is 6.18. The second kappa shape index (κ2) is 4.58. The number of nitrogens with zero attached hydrogens (tertiary/aromatic N) is 4. The smallest absolute Gasteiger partial charge is 0.255 e. The first-order chi connectivity index (χ1) is 9.74. The minimum atomic E-state index is 0.502. The van der Waals surface area contributed by atoms with Gasteiger partial charge in [-0.05, 0) is 50.4 Å². The summed E-state index contributed by atoms with van der Waals surface area (Å²) in [5.74, 6) is 4.15. The molecule has 5 nitrogen and oxygen atoms in total. The first kappa shape index (κ1) is 12.4. The lowest BCUT2D eigenvalue weighted by molar-refractivity contribution is 0.427. The molecule has 0 spiro atoms. The van der Waals surface area contributed by atoms with Crippen LogP contribution in [0, 0.1) is 24.7 Å². The first-order valence-corrected chi connectivity index (χ1v) is 7.71. The monoisotopic (exact) mass is 291 g/mol. The number of rotatable bonds is 5. The van der Waals surface area contributed by atoms with Crippen molar-refractivity contribution >= 4 is 23.2 Å². The van der Waals surface area contributed by atoms with Crippen LogP contribution in [0.1, 0.15) is 31.2 Å². The van der Waals surface area contributed by atoms with E-state index in [9.17, 15) is 0 Å². The van der Waals surface area contributed by atoms with Gasteiger partial charge >= 0.3 is 0 Å². The van der Waals surface area contributed by atoms with Crippen LogP contribution in [-0.2, 0) is 0 Å². The van der Waals surface area contributed by atoms with Crippen molar-refractivity contribution in [3.05, 3.63) is 17.0 Å². The molecule has 2 aliphatic carbocycles. The summed E-state index contributed by atoms with van der Waals surface area (Å²) in [4.78, 5) is 8.35. The molecule has 4 rings (SSSR count). The molecule has 1 N–H and O–H groups in total. The molecule has 2 fully saturated rings. The van der Waals surface area contributed by atoms with E-state index in [0.717, 1.165) is 35.7 Å². The van der Waals surface area contributed by atoms with E-state index in [-0.39, 0.29) is 0 Å². The van der Waals surface area contributed by atoms with Gasteiger partial charge in [0.25, 0.3) is 5.78 Å². The molecule has 0 bridgehead atoms. The Labute approximate surface area is 122 Å². The third-order valence-electron chi connectivity index (χ3n) is 4.56. The summed E-state index contributed by atoms with van der Waals surface area (Å²) in [7, 11) is 0. The van der Waals surface area contributed by atoms with E-state index in [1.54, 1.807) is 4.52 Å². The van der Waals surface area contributed by atoms with Gasteiger partial charge < -0.3 is 5.32 Å². The fourth-order valence-electron chi connectivity index (χ4n) is 3.09. The molecule has 20 heavy (non-hydrogen) atoms. The zero-order valence-corrected chi connectivity index (χ0v) is 12.3. The Kier molecular flexibility index (Phi) is 2.84. The molecule has 2 saturated carbocycles. The van der Waals surface area contributed by atoms with E-state index in [1.807, 2.05) is 6.92 Å². The molecule has 0 atom stereocenters. The molecular formula is C14H18ClN5. The standard InChI is InChI=1S/C14H18ClN5/c1-8-12(15)19-14-17-7-18-20(14)13(8)16-6-11(9-2-3-9)10-4-5-10/h7,9-11,16H,2-6H2,1H3. The summed E-state index contributed by atoms with van der Waals surface area (Å²) in [6, 6.07) is 0. The zero-order chi connectivity index (χ0) is 13.7. The SMILES string of the molecule is Cc1c(Cl)nc2ncnn2c1NCC(C1CC1)C1CC1. The van der Waals surface area contributed by atoms with Gasteiger partial charge in [0.1, 0.15) is 17.3 Å². The van der Waals surface area contributed by atoms with E-state index >= 15 is 0 Å². The average Bonchev–Trinajstić information content (AvgIpc) is 3.34. The number of hydrogen-bond acceptors (Lipinski definition) is 4. The molecule has 0 saturated heterocycles. The number of halogens is 1. The fourth-order valence-corrected chi connectivity index (χ4v) is 3.25. The summed E-state index contributed by atoms with van der Waals surface area (Å²) in [5, 5.41) is 8.31. The third-order valence-corrected chi connectivity index (χ3v) is 4.93. The second-order valence-electron chi connectivity index (χ2n) is 6.07. The van der Waals surface area contributed by atoms with Crippen LogP contribution in [0.3, 0.4) is 0 Å². The predicted octanol–water partition coefficient (Wildman–Crippen LogP) is 2.93. The van der Waals surface area contributed by atoms with Crippen molar-refractivity contribution in [2.45, 2.75) is 32.6 Å². The Morgan fingerprint density at radius 2 is 2.05 bits per heavy atom. The van der Waals surface area contributed by atoms with Crippen molar-refractivity contribution < 1.29 is 0 Å². The van der Waals surface area contributed by atoms with Gasteiger partial charge in [0.15, 0.2) is 0 Å². The van der Waals surface area contributed by atoms with Crippen LogP contribution >= 0.6 is 11.6 Å². The van der Waals surface area contributed by atoms with Gasteiger partial charge in [-0.3, -0.25) is 0 Å². The largest absolute Gasteiger partial charge is 0.369 e. The highest BCUT2D eigenvalue weighted by Crippen LogP contribution is 2.49. The second-order valence-corrected chi connectivity index (χ2v) is 6.43. The zero-order valence-electron chi connectivity index (χ0n) is 11.5. The van der Waals surface area contributed by atoms with E-state index in [4.69, 9.17) is 11.6 Å². The topological polar surface area (TPSA) is 55.1 Å². The molecule has 0 radical (unpaired) electrons. The van der Waals surface area contributed by atoms with Crippen molar-refractivity contribution in [3.63, 3.8) is 0 Å². The van der Waals surface area contributed by atoms with Crippen LogP contribution < -0.4 is 5.32 Å². The molecule has 2 aliphatic rings. The lowest BCUT2D eigenvalue weighted by Gasteiger charge is -2.18. The van der Waals surface area contributed by atoms with E-state index in [0.29, 0.717) is 10.9 Å². The minimum Gasteiger partial charge on any atom is -0.369 e. The molecule has 0 aliphatic heterocycles. The van der Waals surface area contributed by atoms with Gasteiger partial charge in [0.05, 0.1) is 0 Å². The summed E-state index contributed by atoms with van der Waals surface area (Å²) in [6.07, 6.45) is 7.12. The van der Waals surface area contributed by atoms with Gasteiger partial charge in [-0.2, -0.15) is 19.6 Å². The number of fused-ring (bicyclic) bond motifs is 1. The van der Waals surface area contributed by atoms with Gasteiger partial charge in [0, 0.05) is 12.1 Å². The highest BCUT2D eigenvalue weighted by molar-refractivity contribution is 6.30. The summed E-state index contributed by atoms with van der Waals surface area (Å²) < 4.78 is 1.75. The summed E-state index contributed by atoms with van der Waals surface area (Å²) in [5.41, 5.74) is 0.940. The highest BCUT2D eigenvalue weighted by atomic mass is 35.5. The van der Waals surface area contributed by atoms with Crippen molar-refractivity contribution in [1.29, 1.82) is 0 Å². The average molecular weight is 292 g/mol. The summed E-state index contributed by atoms with van der Waals surface area (Å²) >= 11 is 6.18. The Bertz CT molecular complexity index is 632. The van der Waals surface area contributed by atoms with Gasteiger partial charge in [-0.25, -0.2) is 0 Å². The molecule has 106 valence electrons. The van der Waals surface area contributed by atoms with E-state index in [2.05, 4.69) is 20.4 Å². The first-order valence-electron chi connectivity index (χ1n) is 7.33. The molecule has 0 aromatic carbocycles. The Morgan fingerprint density at radius 3 is 2.70 bits per heavy atom. The number of anilines is 1. The summed E-state index contributed by atoms with van der Waals surface area (Å²) in [6.45, 7) is 2.98. The molecule has 2 heterocycles. The molecule has 6 heteroatoms. The number of aromatic nitrogens is 4. The quantitative estimate of drug-likeness (QED) is 0.861. The van der Waals surface area contributed by atoms with Crippen molar-refractivity contribution in [2.75, 3.05) is 11.9 Å². The molecule has 0 unspecified atom stereocenters. The predicted molar refractivity (Wildman–Crippen MR) is 78.0 cm³/mol. The Balaban J connectivity index is 1.61. The Hall–Kier alpha value is -1.36. The molecule has 2 aromatic heterocycles. The third kappa shape index (κ3) is 2.14. The number of nitrogens with one attached hydrogen (secondary N) is 1. The molecular weight excluding hydrogens is 274 g/mol. The lowest BCUT2D eigenvalue weighted by Crippen LogP contribution is -2.20. The van der Waals surface area contributed by atoms with E-state index in [1.165, 1.54) is 32.0 Å². The van der Waals surface area contributed by atoms with Crippen molar-refractivity contribution in [1.82, 2.24) is 19.6 Å². The maximum Gasteiger partial charge on any atom is 0.255 e. The van der Waals surface area contributed by atoms with Crippen LogP contribution in [0.2, 0.25) is 5.15 Å². The molecule has 2 aromatic rings. The van der Waals surface area contributed by atoms with Crippen molar-refractivity contribution in [3.8, 4) is 0 Å². The van der Waals surface area contributed by atoms with Gasteiger partial charge in [-0.15, -0.1) is 0 Å². The van der Waals surface area contributed by atoms with Crippen LogP contribution in [0.4, 0.5) is 5.82 Å². The lowest BCUT2D eigenvalue weighted by atomic mass is 9.98. The highest BCUT2D eigenvalue weighted by Gasteiger charge is 2.41. The fraction of sp³-hybridized carbons (Fsp3) is 0.643. The normalized spacial score (nSPS) is 18.9. The Morgan fingerprint density at radius 1 is 1.35 bits per heavy atom. The molecule has 0 amide bonds. The maximum absolute atomic E-state index is 6.18. The van der Waals surface area contributed by atoms with Crippen LogP contribution in [0.25, 0.3) is 5.78 Å². The van der Waals surface area contributed by atoms with Gasteiger partial charge in [-0.1, -0.05) is 11.6 Å². The van der Waals surface area contributed by atoms with Crippen LogP contribution in [0.15, 0.2) is 6.33 Å². The number of hydrogen-bond donors (Lipinski definition) is 1. The van der Waals surface area contributed by atoms with Gasteiger partial charge in [0.2, 0.25) is 0 Å². The van der Waals surface area contributed by atoms with Crippen LogP contribution in [-0.4, -0.2) is 26.1 Å². The minimum absolute atomic E-state index is 0.502. The van der Waals surface area contributed by atoms with Crippen LogP contribution in [0.5, 0.6) is 0 Å².